The molecule has 1 aromatic carbocycles. The highest BCUT2D eigenvalue weighted by molar-refractivity contribution is 5.97. The van der Waals surface area contributed by atoms with Crippen molar-refractivity contribution in [2.75, 3.05) is 7.05 Å². The van der Waals surface area contributed by atoms with Crippen molar-refractivity contribution in [3.05, 3.63) is 23.8 Å². The van der Waals surface area contributed by atoms with Crippen LogP contribution in [-0.2, 0) is 0 Å². The Morgan fingerprint density at radius 3 is 2.40 bits per heavy atom. The molecule has 0 spiro atoms. The topological polar surface area (TPSA) is 60.8 Å². The van der Waals surface area contributed by atoms with Gasteiger partial charge in [-0.2, -0.15) is 0 Å². The highest BCUT2D eigenvalue weighted by atomic mass is 16.3. The summed E-state index contributed by atoms with van der Waals surface area (Å²) >= 11 is 0. The predicted molar refractivity (Wildman–Crippen MR) is 77.9 cm³/mol. The van der Waals surface area contributed by atoms with E-state index in [-0.39, 0.29) is 29.0 Å². The minimum absolute atomic E-state index is 0.0406. The van der Waals surface area contributed by atoms with Gasteiger partial charge in [0.25, 0.3) is 5.91 Å². The molecule has 0 aromatic heterocycles. The Morgan fingerprint density at radius 2 is 1.85 bits per heavy atom. The van der Waals surface area contributed by atoms with Gasteiger partial charge in [-0.1, -0.05) is 13.8 Å². The number of rotatable bonds is 2. The maximum absolute atomic E-state index is 12.4. The second-order valence-electron chi connectivity index (χ2n) is 6.51. The van der Waals surface area contributed by atoms with Crippen LogP contribution in [0.15, 0.2) is 18.2 Å². The summed E-state index contributed by atoms with van der Waals surface area (Å²) in [5.74, 6) is -0.397. The van der Waals surface area contributed by atoms with Crippen molar-refractivity contribution in [2.45, 2.75) is 45.6 Å². The van der Waals surface area contributed by atoms with E-state index in [9.17, 15) is 15.0 Å². The van der Waals surface area contributed by atoms with Gasteiger partial charge in [0.1, 0.15) is 11.5 Å². The van der Waals surface area contributed by atoms with Crippen molar-refractivity contribution < 1.29 is 15.0 Å². The largest absolute Gasteiger partial charge is 0.508 e. The summed E-state index contributed by atoms with van der Waals surface area (Å²) < 4.78 is 0. The van der Waals surface area contributed by atoms with Crippen molar-refractivity contribution >= 4 is 5.91 Å². The van der Waals surface area contributed by atoms with Gasteiger partial charge in [-0.05, 0) is 43.2 Å². The number of benzene rings is 1. The highest BCUT2D eigenvalue weighted by Crippen LogP contribution is 2.37. The van der Waals surface area contributed by atoms with Gasteiger partial charge in [0.2, 0.25) is 0 Å². The minimum Gasteiger partial charge on any atom is -0.508 e. The standard InChI is InChI=1S/C16H23NO3/c1-16(2)8-6-11(7-9-16)17(3)15(20)13-5-4-12(18)10-14(13)19/h4-5,10-11,18-19H,6-9H2,1-3H3. The van der Waals surface area contributed by atoms with Crippen molar-refractivity contribution in [3.8, 4) is 11.5 Å². The maximum Gasteiger partial charge on any atom is 0.257 e. The molecule has 4 heteroatoms. The molecule has 20 heavy (non-hydrogen) atoms. The third-order valence-electron chi connectivity index (χ3n) is 4.39. The number of aromatic hydroxyl groups is 2. The molecular weight excluding hydrogens is 254 g/mol. The van der Waals surface area contributed by atoms with Crippen LogP contribution < -0.4 is 0 Å². The van der Waals surface area contributed by atoms with E-state index in [1.807, 2.05) is 0 Å². The first-order chi connectivity index (χ1) is 9.30. The zero-order valence-corrected chi connectivity index (χ0v) is 12.4. The van der Waals surface area contributed by atoms with Crippen LogP contribution in [0.1, 0.15) is 49.9 Å². The van der Waals surface area contributed by atoms with E-state index in [0.717, 1.165) is 25.7 Å². The molecule has 0 atom stereocenters. The van der Waals surface area contributed by atoms with E-state index in [1.54, 1.807) is 11.9 Å². The van der Waals surface area contributed by atoms with E-state index in [2.05, 4.69) is 13.8 Å². The van der Waals surface area contributed by atoms with E-state index in [0.29, 0.717) is 5.41 Å². The molecule has 0 heterocycles. The number of amides is 1. The fraction of sp³-hybridized carbons (Fsp3) is 0.562. The lowest BCUT2D eigenvalue weighted by Crippen LogP contribution is -2.40. The summed E-state index contributed by atoms with van der Waals surface area (Å²) in [4.78, 5) is 14.1. The molecule has 1 saturated carbocycles. The number of hydrogen-bond acceptors (Lipinski definition) is 3. The Morgan fingerprint density at radius 1 is 1.25 bits per heavy atom. The normalized spacial score (nSPS) is 18.8. The summed E-state index contributed by atoms with van der Waals surface area (Å²) in [7, 11) is 1.79. The number of carbonyl (C=O) groups is 1. The average molecular weight is 277 g/mol. The molecule has 1 aromatic rings. The minimum atomic E-state index is -0.188. The molecule has 1 fully saturated rings. The quantitative estimate of drug-likeness (QED) is 0.873. The molecule has 0 unspecified atom stereocenters. The number of carbonyl (C=O) groups excluding carboxylic acids is 1. The molecule has 0 saturated heterocycles. The van der Waals surface area contributed by atoms with Crippen LogP contribution in [0.5, 0.6) is 11.5 Å². The molecule has 0 aliphatic heterocycles. The fourth-order valence-electron chi connectivity index (χ4n) is 2.83. The molecular formula is C16H23NO3. The lowest BCUT2D eigenvalue weighted by molar-refractivity contribution is 0.0632. The summed E-state index contributed by atoms with van der Waals surface area (Å²) in [6.07, 6.45) is 4.20. The maximum atomic E-state index is 12.4. The summed E-state index contributed by atoms with van der Waals surface area (Å²) in [6, 6.07) is 4.32. The van der Waals surface area contributed by atoms with Crippen molar-refractivity contribution in [1.29, 1.82) is 0 Å². The molecule has 0 bridgehead atoms. The second-order valence-corrected chi connectivity index (χ2v) is 6.51. The zero-order chi connectivity index (χ0) is 14.9. The van der Waals surface area contributed by atoms with Gasteiger partial charge >= 0.3 is 0 Å². The van der Waals surface area contributed by atoms with Gasteiger partial charge in [0.05, 0.1) is 5.56 Å². The van der Waals surface area contributed by atoms with Crippen LogP contribution in [0.4, 0.5) is 0 Å². The molecule has 2 N–H and O–H groups in total. The van der Waals surface area contributed by atoms with Gasteiger partial charge in [-0.25, -0.2) is 0 Å². The van der Waals surface area contributed by atoms with Gasteiger partial charge < -0.3 is 15.1 Å². The molecule has 1 aliphatic rings. The Labute approximate surface area is 120 Å². The lowest BCUT2D eigenvalue weighted by Gasteiger charge is -2.38. The molecule has 2 rings (SSSR count). The number of nitrogens with zero attached hydrogens (tertiary/aromatic N) is 1. The van der Waals surface area contributed by atoms with Crippen LogP contribution >= 0.6 is 0 Å². The highest BCUT2D eigenvalue weighted by Gasteiger charge is 2.31. The zero-order valence-electron chi connectivity index (χ0n) is 12.4. The SMILES string of the molecule is CN(C(=O)c1ccc(O)cc1O)C1CCC(C)(C)CC1. The first-order valence-electron chi connectivity index (χ1n) is 7.09. The first kappa shape index (κ1) is 14.7. The van der Waals surface area contributed by atoms with Gasteiger partial charge in [0, 0.05) is 19.2 Å². The van der Waals surface area contributed by atoms with E-state index in [1.165, 1.54) is 18.2 Å². The van der Waals surface area contributed by atoms with Crippen LogP contribution in [0.2, 0.25) is 0 Å². The molecule has 110 valence electrons. The monoisotopic (exact) mass is 277 g/mol. The second kappa shape index (κ2) is 5.35. The Bertz CT molecular complexity index is 500. The lowest BCUT2D eigenvalue weighted by atomic mass is 9.75. The van der Waals surface area contributed by atoms with Crippen molar-refractivity contribution in [1.82, 2.24) is 4.90 Å². The number of phenolic OH excluding ortho intramolecular Hbond substituents is 2. The van der Waals surface area contributed by atoms with E-state index < -0.39 is 0 Å². The summed E-state index contributed by atoms with van der Waals surface area (Å²) in [5, 5.41) is 19.1. The summed E-state index contributed by atoms with van der Waals surface area (Å²) in [6.45, 7) is 4.52. The van der Waals surface area contributed by atoms with E-state index in [4.69, 9.17) is 0 Å². The van der Waals surface area contributed by atoms with Crippen LogP contribution in [0, 0.1) is 5.41 Å². The number of hydrogen-bond donors (Lipinski definition) is 2. The van der Waals surface area contributed by atoms with Gasteiger partial charge in [-0.3, -0.25) is 4.79 Å². The Kier molecular flexibility index (Phi) is 3.93. The molecule has 0 radical (unpaired) electrons. The Hall–Kier alpha value is -1.71. The predicted octanol–water partition coefficient (Wildman–Crippen LogP) is 3.14. The fourth-order valence-corrected chi connectivity index (χ4v) is 2.83. The molecule has 4 nitrogen and oxygen atoms in total. The smallest absolute Gasteiger partial charge is 0.257 e. The molecule has 1 aliphatic carbocycles. The first-order valence-corrected chi connectivity index (χ1v) is 7.09. The van der Waals surface area contributed by atoms with Gasteiger partial charge in [0.15, 0.2) is 0 Å². The average Bonchev–Trinajstić information content (AvgIpc) is 2.37. The number of phenols is 2. The summed E-state index contributed by atoms with van der Waals surface area (Å²) in [5.41, 5.74) is 0.608. The molecule has 1 amide bonds. The van der Waals surface area contributed by atoms with E-state index >= 15 is 0 Å². The van der Waals surface area contributed by atoms with Crippen molar-refractivity contribution in [2.24, 2.45) is 5.41 Å². The third kappa shape index (κ3) is 3.06. The van der Waals surface area contributed by atoms with Crippen LogP contribution in [-0.4, -0.2) is 34.1 Å². The third-order valence-corrected chi connectivity index (χ3v) is 4.39. The van der Waals surface area contributed by atoms with Gasteiger partial charge in [-0.15, -0.1) is 0 Å². The van der Waals surface area contributed by atoms with Crippen LogP contribution in [0.3, 0.4) is 0 Å². The van der Waals surface area contributed by atoms with Crippen LogP contribution in [0.25, 0.3) is 0 Å². The van der Waals surface area contributed by atoms with Crippen molar-refractivity contribution in [3.63, 3.8) is 0 Å². The Balaban J connectivity index is 2.09.